The highest BCUT2D eigenvalue weighted by Gasteiger charge is 2.22. The number of carbonyl (C=O) groups is 1. The first-order valence-corrected chi connectivity index (χ1v) is 3.68. The fourth-order valence-electron chi connectivity index (χ4n) is 0.924. The van der Waals surface area contributed by atoms with Crippen molar-refractivity contribution in [2.24, 2.45) is 0 Å². The normalized spacial score (nSPS) is 12.8. The van der Waals surface area contributed by atoms with Crippen LogP contribution < -0.4 is 0 Å². The summed E-state index contributed by atoms with van der Waals surface area (Å²) in [6.45, 7) is 3.40. The molecule has 1 aromatic rings. The van der Waals surface area contributed by atoms with Gasteiger partial charge >= 0.3 is 5.97 Å². The molecule has 0 aliphatic carbocycles. The Morgan fingerprint density at radius 2 is 2.42 bits per heavy atom. The van der Waals surface area contributed by atoms with E-state index in [0.29, 0.717) is 12.3 Å². The van der Waals surface area contributed by atoms with Crippen LogP contribution in [0.15, 0.2) is 4.52 Å². The summed E-state index contributed by atoms with van der Waals surface area (Å²) in [6, 6.07) is 0. The minimum absolute atomic E-state index is 0.252. The predicted molar refractivity (Wildman–Crippen MR) is 39.7 cm³/mol. The average molecular weight is 170 g/mol. The van der Waals surface area contributed by atoms with Gasteiger partial charge in [0.25, 0.3) is 0 Å². The number of carboxylic acid groups (broad SMARTS) is 1. The molecule has 0 spiro atoms. The lowest BCUT2D eigenvalue weighted by molar-refractivity contribution is -0.139. The van der Waals surface area contributed by atoms with E-state index < -0.39 is 11.9 Å². The van der Waals surface area contributed by atoms with E-state index in [1.807, 2.05) is 0 Å². The van der Waals surface area contributed by atoms with E-state index in [4.69, 9.17) is 5.11 Å². The number of aryl methyl sites for hydroxylation is 1. The number of nitrogens with zero attached hydrogens (tertiary/aromatic N) is 2. The van der Waals surface area contributed by atoms with Crippen molar-refractivity contribution >= 4 is 5.97 Å². The molecular formula is C7H10N2O3. The van der Waals surface area contributed by atoms with Gasteiger partial charge in [0.1, 0.15) is 5.92 Å². The van der Waals surface area contributed by atoms with Gasteiger partial charge in [-0.3, -0.25) is 4.79 Å². The molecule has 1 atom stereocenters. The molecule has 0 bridgehead atoms. The van der Waals surface area contributed by atoms with Crippen molar-refractivity contribution in [2.45, 2.75) is 26.2 Å². The van der Waals surface area contributed by atoms with Crippen LogP contribution in [0.25, 0.3) is 0 Å². The third-order valence-corrected chi connectivity index (χ3v) is 1.56. The number of hydrogen-bond acceptors (Lipinski definition) is 4. The molecule has 5 heteroatoms. The van der Waals surface area contributed by atoms with Gasteiger partial charge in [-0.25, -0.2) is 0 Å². The van der Waals surface area contributed by atoms with Gasteiger partial charge in [-0.1, -0.05) is 12.1 Å². The number of rotatable bonds is 3. The maximum atomic E-state index is 10.6. The standard InChI is InChI=1S/C7H10N2O3/c1-3-5(7(10)11)6-8-4(2)12-9-6/h5H,3H2,1-2H3,(H,10,11). The molecule has 0 saturated carbocycles. The molecule has 66 valence electrons. The smallest absolute Gasteiger partial charge is 0.314 e. The molecule has 1 N–H and O–H groups in total. The average Bonchev–Trinajstić information content (AvgIpc) is 2.37. The molecule has 5 nitrogen and oxygen atoms in total. The highest BCUT2D eigenvalue weighted by atomic mass is 16.5. The highest BCUT2D eigenvalue weighted by molar-refractivity contribution is 5.74. The molecule has 0 aromatic carbocycles. The lowest BCUT2D eigenvalue weighted by atomic mass is 10.1. The Bertz CT molecular complexity index is 282. The maximum absolute atomic E-state index is 10.6. The van der Waals surface area contributed by atoms with Crippen molar-refractivity contribution in [1.82, 2.24) is 10.1 Å². The van der Waals surface area contributed by atoms with Gasteiger partial charge in [0.2, 0.25) is 5.89 Å². The van der Waals surface area contributed by atoms with Gasteiger partial charge in [0, 0.05) is 6.92 Å². The molecule has 1 aromatic heterocycles. The topological polar surface area (TPSA) is 76.2 Å². The van der Waals surface area contributed by atoms with Crippen LogP contribution in [-0.2, 0) is 4.79 Å². The van der Waals surface area contributed by atoms with E-state index in [9.17, 15) is 4.79 Å². The summed E-state index contributed by atoms with van der Waals surface area (Å²) in [4.78, 5) is 14.5. The van der Waals surface area contributed by atoms with Crippen molar-refractivity contribution in [3.63, 3.8) is 0 Å². The van der Waals surface area contributed by atoms with Crippen LogP contribution in [0.1, 0.15) is 31.0 Å². The monoisotopic (exact) mass is 170 g/mol. The number of aromatic nitrogens is 2. The van der Waals surface area contributed by atoms with Gasteiger partial charge in [-0.05, 0) is 6.42 Å². The fourth-order valence-corrected chi connectivity index (χ4v) is 0.924. The minimum Gasteiger partial charge on any atom is -0.481 e. The molecule has 0 saturated heterocycles. The quantitative estimate of drug-likeness (QED) is 0.730. The molecule has 12 heavy (non-hydrogen) atoms. The Morgan fingerprint density at radius 3 is 2.75 bits per heavy atom. The second kappa shape index (κ2) is 3.34. The Labute approximate surface area is 69.4 Å². The first kappa shape index (κ1) is 8.70. The summed E-state index contributed by atoms with van der Waals surface area (Å²) in [5, 5.41) is 12.3. The predicted octanol–water partition coefficient (Wildman–Crippen LogP) is 0.956. The Morgan fingerprint density at radius 1 is 1.75 bits per heavy atom. The summed E-state index contributed by atoms with van der Waals surface area (Å²) in [5.74, 6) is -0.923. The SMILES string of the molecule is CCC(C(=O)O)c1noc(C)n1. The second-order valence-corrected chi connectivity index (χ2v) is 2.47. The van der Waals surface area contributed by atoms with Gasteiger partial charge in [-0.15, -0.1) is 0 Å². The second-order valence-electron chi connectivity index (χ2n) is 2.47. The van der Waals surface area contributed by atoms with Crippen LogP contribution in [-0.4, -0.2) is 21.2 Å². The van der Waals surface area contributed by atoms with Crippen LogP contribution in [0.3, 0.4) is 0 Å². The van der Waals surface area contributed by atoms with E-state index in [0.717, 1.165) is 0 Å². The van der Waals surface area contributed by atoms with Crippen LogP contribution in [0.5, 0.6) is 0 Å². The van der Waals surface area contributed by atoms with Crippen molar-refractivity contribution in [3.05, 3.63) is 11.7 Å². The van der Waals surface area contributed by atoms with Crippen LogP contribution >= 0.6 is 0 Å². The Balaban J connectivity index is 2.87. The zero-order valence-electron chi connectivity index (χ0n) is 6.94. The Hall–Kier alpha value is -1.39. The molecule has 0 fully saturated rings. The highest BCUT2D eigenvalue weighted by Crippen LogP contribution is 2.15. The van der Waals surface area contributed by atoms with Crippen molar-refractivity contribution in [3.8, 4) is 0 Å². The molecular weight excluding hydrogens is 160 g/mol. The lowest BCUT2D eigenvalue weighted by Crippen LogP contribution is -2.11. The first-order valence-electron chi connectivity index (χ1n) is 3.68. The largest absolute Gasteiger partial charge is 0.481 e. The zero-order chi connectivity index (χ0) is 9.14. The van der Waals surface area contributed by atoms with Crippen LogP contribution in [0.2, 0.25) is 0 Å². The van der Waals surface area contributed by atoms with E-state index in [1.165, 1.54) is 0 Å². The number of hydrogen-bond donors (Lipinski definition) is 1. The summed E-state index contributed by atoms with van der Waals surface area (Å²) in [7, 11) is 0. The van der Waals surface area contributed by atoms with Gasteiger partial charge < -0.3 is 9.63 Å². The molecule has 1 heterocycles. The van der Waals surface area contributed by atoms with E-state index in [-0.39, 0.29) is 5.82 Å². The molecule has 0 radical (unpaired) electrons. The van der Waals surface area contributed by atoms with Crippen molar-refractivity contribution < 1.29 is 14.4 Å². The van der Waals surface area contributed by atoms with Gasteiger partial charge in [-0.2, -0.15) is 4.98 Å². The minimum atomic E-state index is -0.918. The summed E-state index contributed by atoms with van der Waals surface area (Å²) < 4.78 is 4.67. The third kappa shape index (κ3) is 1.61. The van der Waals surface area contributed by atoms with Gasteiger partial charge in [0.05, 0.1) is 0 Å². The Kier molecular flexibility index (Phi) is 2.42. The lowest BCUT2D eigenvalue weighted by Gasteiger charge is -2.01. The first-order chi connectivity index (χ1) is 5.65. The zero-order valence-corrected chi connectivity index (χ0v) is 6.94. The van der Waals surface area contributed by atoms with E-state index >= 15 is 0 Å². The number of carboxylic acids is 1. The van der Waals surface area contributed by atoms with Crippen molar-refractivity contribution in [2.75, 3.05) is 0 Å². The van der Waals surface area contributed by atoms with Gasteiger partial charge in [0.15, 0.2) is 5.82 Å². The summed E-state index contributed by atoms with van der Waals surface area (Å²) >= 11 is 0. The summed E-state index contributed by atoms with van der Waals surface area (Å²) in [6.07, 6.45) is 0.467. The fraction of sp³-hybridized carbons (Fsp3) is 0.571. The molecule has 1 rings (SSSR count). The third-order valence-electron chi connectivity index (χ3n) is 1.56. The van der Waals surface area contributed by atoms with Crippen LogP contribution in [0, 0.1) is 6.92 Å². The number of aliphatic carboxylic acids is 1. The molecule has 0 aliphatic rings. The molecule has 0 amide bonds. The maximum Gasteiger partial charge on any atom is 0.314 e. The molecule has 0 aliphatic heterocycles. The van der Waals surface area contributed by atoms with Crippen LogP contribution in [0.4, 0.5) is 0 Å². The van der Waals surface area contributed by atoms with Crippen molar-refractivity contribution in [1.29, 1.82) is 0 Å². The molecule has 1 unspecified atom stereocenters. The van der Waals surface area contributed by atoms with E-state index in [2.05, 4.69) is 14.7 Å². The van der Waals surface area contributed by atoms with E-state index in [1.54, 1.807) is 13.8 Å². The summed E-state index contributed by atoms with van der Waals surface area (Å²) in [5.41, 5.74) is 0.